The summed E-state index contributed by atoms with van der Waals surface area (Å²) in [5, 5.41) is 4.23. The zero-order valence-electron chi connectivity index (χ0n) is 20.1. The molecule has 3 atom stereocenters. The summed E-state index contributed by atoms with van der Waals surface area (Å²) in [4.78, 5) is 39.2. The van der Waals surface area contributed by atoms with Gasteiger partial charge >= 0.3 is 6.16 Å². The first-order valence-corrected chi connectivity index (χ1v) is 11.8. The number of rotatable bonds is 6. The SMILES string of the molecule is COC(=O)OCOc1c2n(ncc1=O)[C@@H]([C@H](c1ccc(F)cc1)c1cccc(F)c1F)[C@H]1CCCN1C2=O. The highest BCUT2D eigenvalue weighted by Crippen LogP contribution is 2.46. The van der Waals surface area contributed by atoms with Gasteiger partial charge in [-0.3, -0.25) is 14.3 Å². The zero-order valence-corrected chi connectivity index (χ0v) is 20.1. The molecule has 1 saturated heterocycles. The van der Waals surface area contributed by atoms with E-state index in [0.29, 0.717) is 24.9 Å². The topological polar surface area (TPSA) is 100.0 Å². The molecule has 2 aliphatic heterocycles. The molecule has 0 bridgehead atoms. The fraction of sp³-hybridized carbons (Fsp3) is 0.308. The Morgan fingerprint density at radius 1 is 1.13 bits per heavy atom. The van der Waals surface area contributed by atoms with E-state index in [0.717, 1.165) is 19.4 Å². The number of aromatic nitrogens is 2. The number of fused-ring (bicyclic) bond motifs is 2. The highest BCUT2D eigenvalue weighted by Gasteiger charge is 2.49. The largest absolute Gasteiger partial charge is 0.510 e. The van der Waals surface area contributed by atoms with Gasteiger partial charge in [0.1, 0.15) is 5.82 Å². The first-order chi connectivity index (χ1) is 18.3. The quantitative estimate of drug-likeness (QED) is 0.354. The van der Waals surface area contributed by atoms with E-state index in [1.54, 1.807) is 4.90 Å². The Labute approximate surface area is 214 Å². The smallest absolute Gasteiger partial charge is 0.451 e. The van der Waals surface area contributed by atoms with Crippen LogP contribution in [0.15, 0.2) is 53.5 Å². The fourth-order valence-corrected chi connectivity index (χ4v) is 5.26. The van der Waals surface area contributed by atoms with Gasteiger partial charge in [0.2, 0.25) is 18.0 Å². The van der Waals surface area contributed by atoms with Crippen LogP contribution in [-0.2, 0) is 9.47 Å². The van der Waals surface area contributed by atoms with Crippen molar-refractivity contribution in [3.8, 4) is 5.75 Å². The number of hydrogen-bond acceptors (Lipinski definition) is 7. The second-order valence-electron chi connectivity index (χ2n) is 8.86. The molecule has 0 spiro atoms. The summed E-state index contributed by atoms with van der Waals surface area (Å²) >= 11 is 0. The van der Waals surface area contributed by atoms with Crippen LogP contribution < -0.4 is 10.2 Å². The number of amides is 1. The summed E-state index contributed by atoms with van der Waals surface area (Å²) < 4.78 is 59.3. The van der Waals surface area contributed by atoms with Gasteiger partial charge in [-0.15, -0.1) is 0 Å². The van der Waals surface area contributed by atoms with Crippen molar-refractivity contribution in [2.75, 3.05) is 20.4 Å². The molecule has 3 aromatic rings. The van der Waals surface area contributed by atoms with Crippen LogP contribution >= 0.6 is 0 Å². The fourth-order valence-electron chi connectivity index (χ4n) is 5.26. The second-order valence-corrected chi connectivity index (χ2v) is 8.86. The maximum atomic E-state index is 15.3. The summed E-state index contributed by atoms with van der Waals surface area (Å²) in [6, 6.07) is 7.79. The molecule has 0 N–H and O–H groups in total. The molecule has 1 fully saturated rings. The molecule has 5 rings (SSSR count). The number of ether oxygens (including phenoxy) is 3. The van der Waals surface area contributed by atoms with E-state index in [-0.39, 0.29) is 11.3 Å². The second kappa shape index (κ2) is 10.2. The van der Waals surface area contributed by atoms with Gasteiger partial charge in [0.15, 0.2) is 17.3 Å². The molecular formula is C26H22F3N3O6. The van der Waals surface area contributed by atoms with Gasteiger partial charge in [-0.1, -0.05) is 24.3 Å². The molecule has 1 amide bonds. The van der Waals surface area contributed by atoms with Crippen molar-refractivity contribution < 1.29 is 37.0 Å². The van der Waals surface area contributed by atoms with Crippen LogP contribution in [0.4, 0.5) is 18.0 Å². The standard InChI is InChI=1S/C26H22F3N3O6/c1-36-26(35)38-13-37-24-19(33)12-30-32-22(18-6-3-11-31(18)25(34)23(24)32)20(14-7-9-15(27)10-8-14)16-4-2-5-17(28)21(16)29/h2,4-5,7-10,12,18,20,22H,3,6,11,13H2,1H3/t18-,20-,22-/m1/s1. The Balaban J connectivity index is 1.71. The normalized spacial score (nSPS) is 18.9. The Morgan fingerprint density at radius 3 is 2.63 bits per heavy atom. The lowest BCUT2D eigenvalue weighted by Gasteiger charge is -2.42. The minimum Gasteiger partial charge on any atom is -0.451 e. The Hall–Kier alpha value is -4.35. The van der Waals surface area contributed by atoms with Crippen LogP contribution in [0.25, 0.3) is 0 Å². The summed E-state index contributed by atoms with van der Waals surface area (Å²) in [7, 11) is 1.09. The van der Waals surface area contributed by atoms with Gasteiger partial charge in [0, 0.05) is 18.0 Å². The molecule has 2 aliphatic rings. The highest BCUT2D eigenvalue weighted by atomic mass is 19.2. The van der Waals surface area contributed by atoms with Crippen LogP contribution in [0.2, 0.25) is 0 Å². The van der Waals surface area contributed by atoms with Gasteiger partial charge in [-0.25, -0.2) is 18.0 Å². The number of carbonyl (C=O) groups excluding carboxylic acids is 2. The van der Waals surface area contributed by atoms with Crippen LogP contribution in [0.3, 0.4) is 0 Å². The van der Waals surface area contributed by atoms with E-state index in [1.807, 2.05) is 0 Å². The monoisotopic (exact) mass is 529 g/mol. The van der Waals surface area contributed by atoms with E-state index in [1.165, 1.54) is 41.1 Å². The lowest BCUT2D eigenvalue weighted by Crippen LogP contribution is -2.51. The number of hydrogen-bond donors (Lipinski definition) is 0. The Kier molecular flexibility index (Phi) is 6.79. The summed E-state index contributed by atoms with van der Waals surface area (Å²) in [5.74, 6) is -4.56. The molecule has 198 valence electrons. The van der Waals surface area contributed by atoms with Gasteiger partial charge < -0.3 is 19.1 Å². The van der Waals surface area contributed by atoms with E-state index in [4.69, 9.17) is 9.47 Å². The molecule has 9 nitrogen and oxygen atoms in total. The van der Waals surface area contributed by atoms with E-state index in [9.17, 15) is 23.2 Å². The first-order valence-electron chi connectivity index (χ1n) is 11.8. The van der Waals surface area contributed by atoms with Crippen molar-refractivity contribution in [2.24, 2.45) is 0 Å². The molecule has 0 saturated carbocycles. The Bertz CT molecular complexity index is 1450. The van der Waals surface area contributed by atoms with E-state index < -0.39 is 65.5 Å². The third-order valence-corrected chi connectivity index (χ3v) is 6.84. The summed E-state index contributed by atoms with van der Waals surface area (Å²) in [6.45, 7) is -0.372. The van der Waals surface area contributed by atoms with Crippen molar-refractivity contribution in [3.05, 3.63) is 93.2 Å². The van der Waals surface area contributed by atoms with Crippen molar-refractivity contribution in [1.82, 2.24) is 14.7 Å². The van der Waals surface area contributed by atoms with Gasteiger partial charge in [0.25, 0.3) is 5.91 Å². The lowest BCUT2D eigenvalue weighted by atomic mass is 9.79. The average Bonchev–Trinajstić information content (AvgIpc) is 3.40. The van der Waals surface area contributed by atoms with Crippen LogP contribution in [0.5, 0.6) is 5.75 Å². The van der Waals surface area contributed by atoms with Gasteiger partial charge in [-0.05, 0) is 36.6 Å². The van der Waals surface area contributed by atoms with Crippen LogP contribution in [0.1, 0.15) is 46.4 Å². The predicted octanol–water partition coefficient (Wildman–Crippen LogP) is 3.77. The lowest BCUT2D eigenvalue weighted by molar-refractivity contribution is 0.0126. The first kappa shape index (κ1) is 25.3. The molecular weight excluding hydrogens is 507 g/mol. The van der Waals surface area contributed by atoms with Crippen molar-refractivity contribution in [2.45, 2.75) is 30.8 Å². The zero-order chi connectivity index (χ0) is 27.0. The van der Waals surface area contributed by atoms with Crippen LogP contribution in [-0.4, -0.2) is 53.2 Å². The number of carbonyl (C=O) groups is 2. The molecule has 0 aliphatic carbocycles. The maximum absolute atomic E-state index is 15.3. The van der Waals surface area contributed by atoms with E-state index in [2.05, 4.69) is 9.84 Å². The van der Waals surface area contributed by atoms with Crippen molar-refractivity contribution >= 4 is 12.1 Å². The molecule has 0 radical (unpaired) electrons. The van der Waals surface area contributed by atoms with Gasteiger partial charge in [-0.2, -0.15) is 5.10 Å². The van der Waals surface area contributed by atoms with Gasteiger partial charge in [0.05, 0.1) is 25.4 Å². The molecule has 3 heterocycles. The van der Waals surface area contributed by atoms with Crippen molar-refractivity contribution in [1.29, 1.82) is 0 Å². The maximum Gasteiger partial charge on any atom is 0.510 e. The minimum absolute atomic E-state index is 0.0225. The highest BCUT2D eigenvalue weighted by molar-refractivity contribution is 5.96. The molecule has 12 heteroatoms. The number of nitrogens with zero attached hydrogens (tertiary/aromatic N) is 3. The number of halogens is 3. The molecule has 0 unspecified atom stereocenters. The average molecular weight is 529 g/mol. The Morgan fingerprint density at radius 2 is 1.89 bits per heavy atom. The number of benzene rings is 2. The van der Waals surface area contributed by atoms with E-state index >= 15 is 4.39 Å². The third-order valence-electron chi connectivity index (χ3n) is 6.84. The van der Waals surface area contributed by atoms with Crippen molar-refractivity contribution in [3.63, 3.8) is 0 Å². The molecule has 1 aromatic heterocycles. The predicted molar refractivity (Wildman–Crippen MR) is 125 cm³/mol. The number of methoxy groups -OCH3 is 1. The third kappa shape index (κ3) is 4.35. The summed E-state index contributed by atoms with van der Waals surface area (Å²) in [6.07, 6.45) is 1.02. The minimum atomic E-state index is -1.09. The molecule has 2 aromatic carbocycles. The summed E-state index contributed by atoms with van der Waals surface area (Å²) in [5.41, 5.74) is -0.543. The van der Waals surface area contributed by atoms with Crippen LogP contribution in [0, 0.1) is 17.5 Å². The molecule has 38 heavy (non-hydrogen) atoms.